The summed E-state index contributed by atoms with van der Waals surface area (Å²) in [5.41, 5.74) is -0.463. The van der Waals surface area contributed by atoms with E-state index in [0.29, 0.717) is 35.6 Å². The van der Waals surface area contributed by atoms with Gasteiger partial charge in [-0.1, -0.05) is 61.0 Å². The number of carbonyl (C=O) groups excluding carboxylic acids is 4. The molecule has 4 aliphatic heterocycles. The number of carboxylic acid groups (broad SMARTS) is 1. The number of H-pyrrole nitrogens is 1. The van der Waals surface area contributed by atoms with Gasteiger partial charge in [-0.05, 0) is 85.9 Å². The maximum absolute atomic E-state index is 16.1. The number of nitrogens with zero attached hydrogens (tertiary/aromatic N) is 3. The second kappa shape index (κ2) is 34.5. The standard InChI is InChI=1S/C61H99N5O19.CH2O2.CH4/c1-29(2)22-45(67)81-51-36(9)50(31(4)28-77-59-54(75-18)53(74-17)47(68)40(13)80-59)83-57(71)38(11)52(82-46-23-32(5)66(15)27-34(7)78-46)35(8)49(84-58-48(69)44(65-76-19)24-33(6)79-58)30(3)26-61(14,55(70)37(51)10)85-60(72)62-39(12)56-63-42-21-20-41(73-16)25-43(42)64-56;2-1-3;/h20-21,25,29-40,46-54,58-59,68-69H,22-24,26-28H2,1-19H3,(H,62,72)(H,63,64);1H,(H,2,3);1H4/b65-44+;;/t30-,31-,32?,33+,34-,35+,36-,37+,38+,39?,40+,46-,47+,48+,49-,50+,51+,52-,53+,54+,58-,59+,61-;;/m0../s1. The number of hydrogen-bond donors (Lipinski definition) is 5. The summed E-state index contributed by atoms with van der Waals surface area (Å²) in [7, 11) is 7.85. The average molecular weight is 1270 g/mol. The molecular formula is C63H105N5O21. The molecule has 26 nitrogen and oxygen atoms in total. The van der Waals surface area contributed by atoms with Crippen LogP contribution in [0.5, 0.6) is 5.75 Å². The number of carbonyl (C=O) groups is 5. The number of nitrogens with one attached hydrogen (secondary N) is 2. The fourth-order valence-electron chi connectivity index (χ4n) is 12.6. The van der Waals surface area contributed by atoms with E-state index in [0.717, 1.165) is 0 Å². The van der Waals surface area contributed by atoms with Crippen LogP contribution >= 0.6 is 0 Å². The smallest absolute Gasteiger partial charge is 0.408 e. The topological polar surface area (TPSA) is 322 Å². The molecule has 4 aliphatic rings. The number of oxime groups is 1. The van der Waals surface area contributed by atoms with E-state index in [1.165, 1.54) is 28.3 Å². The lowest BCUT2D eigenvalue weighted by atomic mass is 9.74. The Morgan fingerprint density at radius 2 is 1.54 bits per heavy atom. The minimum absolute atomic E-state index is 0. The first-order valence-corrected chi connectivity index (χ1v) is 30.6. The summed E-state index contributed by atoms with van der Waals surface area (Å²) in [6, 6.07) is 4.57. The van der Waals surface area contributed by atoms with Gasteiger partial charge >= 0.3 is 18.0 Å². The Kier molecular flexibility index (Phi) is 29.6. The maximum atomic E-state index is 16.1. The summed E-state index contributed by atoms with van der Waals surface area (Å²) in [4.78, 5) is 84.0. The number of fused-ring (bicyclic) bond motifs is 1. The summed E-state index contributed by atoms with van der Waals surface area (Å²) in [5.74, 6) is -6.66. The molecule has 5 heterocycles. The molecule has 508 valence electrons. The van der Waals surface area contributed by atoms with Crippen LogP contribution in [-0.4, -0.2) is 212 Å². The number of hydrogen-bond acceptors (Lipinski definition) is 23. The van der Waals surface area contributed by atoms with E-state index >= 15 is 9.59 Å². The Morgan fingerprint density at radius 1 is 0.876 bits per heavy atom. The van der Waals surface area contributed by atoms with E-state index in [2.05, 4.69) is 27.3 Å². The Hall–Kier alpha value is -5.13. The lowest BCUT2D eigenvalue weighted by Gasteiger charge is -2.45. The summed E-state index contributed by atoms with van der Waals surface area (Å²) in [5, 5.41) is 36.8. The van der Waals surface area contributed by atoms with Gasteiger partial charge in [-0.25, -0.2) is 9.78 Å². The van der Waals surface area contributed by atoms with E-state index < -0.39 is 151 Å². The summed E-state index contributed by atoms with van der Waals surface area (Å²) in [6.07, 6.45) is -14.0. The molecule has 5 N–H and O–H groups in total. The molecule has 0 aliphatic carbocycles. The molecule has 4 fully saturated rings. The number of aliphatic hydroxyl groups is 2. The number of ketones is 1. The SMILES string of the molecule is C.CO/N=C1\C[C@@H](C)O[C@@H](O[C@@H]2[C@@H](C)[C@H](O[C@H]3CC(C)N(C)C[C@H](C)O3)[C@@H](C)C(=O)O[C@H]([C@@H](C)CO[C@@H]3O[C@H](C)[C@@H](O)[C@@H](OC)[C@H]3OC)[C@H](C)[C@@H](OC(=O)CC(C)C)[C@@H](C)C(=O)[C@@](C)(OC(=O)NC(C)c3nc4ccc(OC)cc4[nH]3)C[C@@H]2C)[C@@H]1O.O=CO. The van der Waals surface area contributed by atoms with E-state index in [-0.39, 0.29) is 63.5 Å². The number of amides is 1. The zero-order valence-electron chi connectivity index (χ0n) is 54.9. The lowest BCUT2D eigenvalue weighted by Crippen LogP contribution is -2.59. The molecule has 2 aromatic rings. The molecule has 23 atom stereocenters. The van der Waals surface area contributed by atoms with Gasteiger partial charge in [0.1, 0.15) is 55.3 Å². The number of ether oxygens (including phenoxy) is 12. The van der Waals surface area contributed by atoms with Crippen molar-refractivity contribution >= 4 is 47.0 Å². The number of cyclic esters (lactones) is 1. The first-order valence-electron chi connectivity index (χ1n) is 30.6. The van der Waals surface area contributed by atoms with E-state index in [9.17, 15) is 19.8 Å². The summed E-state index contributed by atoms with van der Waals surface area (Å²) in [6.45, 7) is 25.2. The molecule has 89 heavy (non-hydrogen) atoms. The van der Waals surface area contributed by atoms with Crippen LogP contribution in [0, 0.1) is 41.4 Å². The number of esters is 2. The third kappa shape index (κ3) is 19.7. The molecule has 4 saturated heterocycles. The highest BCUT2D eigenvalue weighted by Crippen LogP contribution is 2.41. The van der Waals surface area contributed by atoms with Gasteiger partial charge in [0.15, 0.2) is 30.3 Å². The van der Waals surface area contributed by atoms with Gasteiger partial charge in [-0.15, -0.1) is 0 Å². The number of rotatable bonds is 18. The fourth-order valence-corrected chi connectivity index (χ4v) is 12.6. The predicted molar refractivity (Wildman–Crippen MR) is 326 cm³/mol. The van der Waals surface area contributed by atoms with Crippen LogP contribution in [-0.2, 0) is 76.1 Å². The van der Waals surface area contributed by atoms with Crippen molar-refractivity contribution in [1.29, 1.82) is 0 Å². The molecule has 1 aromatic carbocycles. The van der Waals surface area contributed by atoms with E-state index in [4.69, 9.17) is 76.6 Å². The van der Waals surface area contributed by atoms with Crippen molar-refractivity contribution in [3.63, 3.8) is 0 Å². The molecule has 0 radical (unpaired) electrons. The van der Waals surface area contributed by atoms with Crippen LogP contribution in [0.15, 0.2) is 23.4 Å². The van der Waals surface area contributed by atoms with Crippen molar-refractivity contribution in [2.45, 2.75) is 234 Å². The van der Waals surface area contributed by atoms with Gasteiger partial charge in [0, 0.05) is 69.9 Å². The molecule has 0 saturated carbocycles. The molecule has 6 rings (SSSR count). The quantitative estimate of drug-likeness (QED) is 0.0434. The largest absolute Gasteiger partial charge is 0.497 e. The number of likely N-dealkylation sites (N-methyl/N-ethyl adjacent to an activating group) is 1. The predicted octanol–water partition coefficient (Wildman–Crippen LogP) is 6.99. The fraction of sp³-hybridized carbons (Fsp3) is 0.794. The van der Waals surface area contributed by atoms with E-state index in [1.807, 2.05) is 41.7 Å². The second-order valence-electron chi connectivity index (χ2n) is 25.1. The van der Waals surface area contributed by atoms with Crippen LogP contribution in [0.1, 0.15) is 142 Å². The zero-order chi connectivity index (χ0) is 65.6. The molecule has 0 spiro atoms. The Bertz CT molecular complexity index is 2590. The van der Waals surface area contributed by atoms with Gasteiger partial charge in [0.2, 0.25) is 0 Å². The van der Waals surface area contributed by atoms with Gasteiger partial charge in [0.05, 0.1) is 78.9 Å². The van der Waals surface area contributed by atoms with Gasteiger partial charge < -0.3 is 92.2 Å². The van der Waals surface area contributed by atoms with Crippen molar-refractivity contribution in [1.82, 2.24) is 20.2 Å². The van der Waals surface area contributed by atoms with Crippen LogP contribution < -0.4 is 10.1 Å². The Morgan fingerprint density at radius 3 is 2.16 bits per heavy atom. The zero-order valence-corrected chi connectivity index (χ0v) is 54.9. The van der Waals surface area contributed by atoms with Crippen LogP contribution in [0.2, 0.25) is 0 Å². The van der Waals surface area contributed by atoms with Crippen molar-refractivity contribution in [2.24, 2.45) is 46.6 Å². The molecule has 1 aromatic heterocycles. The summed E-state index contributed by atoms with van der Waals surface area (Å²) >= 11 is 0. The van der Waals surface area contributed by atoms with E-state index in [1.54, 1.807) is 73.8 Å². The third-order valence-corrected chi connectivity index (χ3v) is 17.4. The highest BCUT2D eigenvalue weighted by atomic mass is 16.7. The number of Topliss-reactive ketones (excluding diaryl/α,β-unsaturated/α-hetero) is 1. The number of aromatic amines is 1. The molecule has 1 amide bonds. The first kappa shape index (κ1) is 76.3. The molecule has 2 unspecified atom stereocenters. The van der Waals surface area contributed by atoms with Crippen molar-refractivity contribution < 1.29 is 101 Å². The Balaban J connectivity index is 0.00000414. The normalized spacial score (nSPS) is 36.4. The summed E-state index contributed by atoms with van der Waals surface area (Å²) < 4.78 is 76.2. The number of alkyl carbamates (subject to hydrolysis) is 1. The highest BCUT2D eigenvalue weighted by Gasteiger charge is 2.53. The second-order valence-corrected chi connectivity index (χ2v) is 25.1. The highest BCUT2D eigenvalue weighted by molar-refractivity contribution is 5.92. The maximum Gasteiger partial charge on any atom is 0.408 e. The minimum Gasteiger partial charge on any atom is -0.497 e. The lowest BCUT2D eigenvalue weighted by molar-refractivity contribution is -0.305. The number of imidazole rings is 1. The molecular weight excluding hydrogens is 1160 g/mol. The van der Waals surface area contributed by atoms with Gasteiger partial charge in [-0.3, -0.25) is 19.2 Å². The number of methoxy groups -OCH3 is 3. The Labute approximate surface area is 525 Å². The number of aliphatic hydroxyl groups excluding tert-OH is 2. The van der Waals surface area contributed by atoms with Crippen LogP contribution in [0.4, 0.5) is 4.79 Å². The van der Waals surface area contributed by atoms with Gasteiger partial charge in [-0.2, -0.15) is 0 Å². The van der Waals surface area contributed by atoms with Crippen molar-refractivity contribution in [2.75, 3.05) is 48.6 Å². The number of benzene rings is 1. The van der Waals surface area contributed by atoms with Gasteiger partial charge in [0.25, 0.3) is 6.47 Å². The molecule has 26 heteroatoms. The minimum atomic E-state index is -2.03. The molecule has 0 bridgehead atoms. The third-order valence-electron chi connectivity index (χ3n) is 17.4. The van der Waals surface area contributed by atoms with Crippen molar-refractivity contribution in [3.05, 3.63) is 24.0 Å². The van der Waals surface area contributed by atoms with Crippen molar-refractivity contribution in [3.8, 4) is 5.75 Å². The monoisotopic (exact) mass is 1270 g/mol. The number of aromatic nitrogens is 2. The van der Waals surface area contributed by atoms with Crippen LogP contribution in [0.25, 0.3) is 11.0 Å². The average Bonchev–Trinajstić information content (AvgIpc) is 1.45. The van der Waals surface area contributed by atoms with Crippen LogP contribution in [0.3, 0.4) is 0 Å². The first-order chi connectivity index (χ1) is 41.4.